The van der Waals surface area contributed by atoms with Gasteiger partial charge in [0.05, 0.1) is 17.3 Å². The van der Waals surface area contributed by atoms with Crippen molar-refractivity contribution in [3.8, 4) is 11.5 Å². The number of aliphatic hydroxyl groups is 1. The lowest BCUT2D eigenvalue weighted by Gasteiger charge is -2.57. The fraction of sp³-hybridized carbons (Fsp3) is 0.484. The third-order valence-corrected chi connectivity index (χ3v) is 8.81. The zero-order valence-electron chi connectivity index (χ0n) is 22.6. The summed E-state index contributed by atoms with van der Waals surface area (Å²) in [7, 11) is 2.01. The zero-order valence-corrected chi connectivity index (χ0v) is 22.6. The minimum atomic E-state index is -0.146. The minimum absolute atomic E-state index is 0.127. The van der Waals surface area contributed by atoms with Crippen LogP contribution in [0.1, 0.15) is 56.4 Å². The molecule has 7 heteroatoms. The van der Waals surface area contributed by atoms with E-state index >= 15 is 0 Å². The molecule has 0 unspecified atom stereocenters. The number of likely N-dealkylation sites (N-methyl/N-ethyl adjacent to an activating group) is 1. The number of ether oxygens (including phenoxy) is 2. The Balaban J connectivity index is 1.03. The van der Waals surface area contributed by atoms with Crippen LogP contribution in [0.3, 0.4) is 0 Å². The number of rotatable bonds is 10. The van der Waals surface area contributed by atoms with Crippen molar-refractivity contribution in [1.29, 1.82) is 0 Å². The summed E-state index contributed by atoms with van der Waals surface area (Å²) in [5.74, 6) is 2.48. The summed E-state index contributed by atoms with van der Waals surface area (Å²) in [5.41, 5.74) is 3.64. The lowest BCUT2D eigenvalue weighted by atomic mass is 9.62. The van der Waals surface area contributed by atoms with E-state index in [-0.39, 0.29) is 22.5 Å². The first-order chi connectivity index (χ1) is 18.3. The van der Waals surface area contributed by atoms with Crippen molar-refractivity contribution in [2.75, 3.05) is 31.6 Å². The molecule has 2 saturated carbocycles. The van der Waals surface area contributed by atoms with Crippen LogP contribution in [-0.2, 0) is 12.0 Å². The molecule has 3 aromatic rings. The summed E-state index contributed by atoms with van der Waals surface area (Å²) >= 11 is 0. The summed E-state index contributed by atoms with van der Waals surface area (Å²) in [4.78, 5) is 11.3. The summed E-state index contributed by atoms with van der Waals surface area (Å²) in [6.45, 7) is 7.45. The molecule has 38 heavy (non-hydrogen) atoms. The van der Waals surface area contributed by atoms with Gasteiger partial charge in [-0.25, -0.2) is 9.97 Å². The standard InChI is InChI=1S/C31H38N4O3/c1-29(2,23-6-10-27(11-7-23)38-21-31(32-3)13-14-31)22-4-8-26(9-5-22)37-18-24-12-15-33-28(34-24)35-19-30(20-35)16-25(36)17-30/h4-12,15,25,32,36H,13-14,16-21H2,1-3H3. The molecule has 200 valence electrons. The lowest BCUT2D eigenvalue weighted by Crippen LogP contribution is -2.64. The largest absolute Gasteiger partial charge is 0.492 e. The van der Waals surface area contributed by atoms with Crippen molar-refractivity contribution >= 4 is 5.95 Å². The van der Waals surface area contributed by atoms with Crippen LogP contribution in [0.5, 0.6) is 11.5 Å². The molecule has 3 fully saturated rings. The van der Waals surface area contributed by atoms with E-state index in [9.17, 15) is 5.11 Å². The molecule has 1 aromatic heterocycles. The van der Waals surface area contributed by atoms with Crippen LogP contribution in [0.25, 0.3) is 0 Å². The van der Waals surface area contributed by atoms with Gasteiger partial charge < -0.3 is 24.8 Å². The quantitative estimate of drug-likeness (QED) is 0.413. The average Bonchev–Trinajstić information content (AvgIpc) is 3.69. The zero-order chi connectivity index (χ0) is 26.4. The van der Waals surface area contributed by atoms with Crippen LogP contribution in [0.15, 0.2) is 60.8 Å². The van der Waals surface area contributed by atoms with E-state index in [1.807, 2.05) is 25.2 Å². The minimum Gasteiger partial charge on any atom is -0.492 e. The molecule has 0 bridgehead atoms. The molecule has 6 rings (SSSR count). The summed E-state index contributed by atoms with van der Waals surface area (Å²) in [6, 6.07) is 18.7. The highest BCUT2D eigenvalue weighted by Crippen LogP contribution is 2.49. The van der Waals surface area contributed by atoms with Crippen molar-refractivity contribution in [3.05, 3.63) is 77.6 Å². The number of aliphatic hydroxyl groups excluding tert-OH is 1. The van der Waals surface area contributed by atoms with Gasteiger partial charge in [0.15, 0.2) is 0 Å². The number of hydrogen-bond acceptors (Lipinski definition) is 7. The Morgan fingerprint density at radius 2 is 1.55 bits per heavy atom. The monoisotopic (exact) mass is 514 g/mol. The fourth-order valence-electron chi connectivity index (χ4n) is 5.82. The predicted octanol–water partition coefficient (Wildman–Crippen LogP) is 4.47. The molecule has 0 atom stereocenters. The van der Waals surface area contributed by atoms with Crippen molar-refractivity contribution in [2.24, 2.45) is 5.41 Å². The van der Waals surface area contributed by atoms with Gasteiger partial charge in [0.25, 0.3) is 0 Å². The second kappa shape index (κ2) is 9.54. The number of hydrogen-bond donors (Lipinski definition) is 2. The average molecular weight is 515 g/mol. The molecule has 3 aliphatic rings. The van der Waals surface area contributed by atoms with Crippen molar-refractivity contribution in [2.45, 2.75) is 63.2 Å². The van der Waals surface area contributed by atoms with Crippen LogP contribution in [0, 0.1) is 5.41 Å². The molecule has 0 amide bonds. The fourth-order valence-corrected chi connectivity index (χ4v) is 5.82. The van der Waals surface area contributed by atoms with E-state index in [0.717, 1.165) is 49.1 Å². The van der Waals surface area contributed by atoms with Crippen LogP contribution in [0.4, 0.5) is 5.95 Å². The number of nitrogens with one attached hydrogen (secondary N) is 1. The summed E-state index contributed by atoms with van der Waals surface area (Å²) in [6.07, 6.45) is 5.83. The second-order valence-electron chi connectivity index (χ2n) is 12.0. The van der Waals surface area contributed by atoms with Crippen LogP contribution < -0.4 is 19.7 Å². The normalized spacial score (nSPS) is 19.5. The molecule has 7 nitrogen and oxygen atoms in total. The van der Waals surface area contributed by atoms with E-state index in [0.29, 0.717) is 13.2 Å². The molecular formula is C31H38N4O3. The Kier molecular flexibility index (Phi) is 6.31. The number of anilines is 1. The van der Waals surface area contributed by atoms with Crippen LogP contribution in [0.2, 0.25) is 0 Å². The topological polar surface area (TPSA) is 79.7 Å². The maximum atomic E-state index is 9.63. The highest BCUT2D eigenvalue weighted by molar-refractivity contribution is 5.42. The molecule has 1 saturated heterocycles. The Morgan fingerprint density at radius 1 is 0.947 bits per heavy atom. The Labute approximate surface area is 225 Å². The highest BCUT2D eigenvalue weighted by atomic mass is 16.5. The van der Waals surface area contributed by atoms with E-state index in [1.54, 1.807) is 6.20 Å². The predicted molar refractivity (Wildman–Crippen MR) is 148 cm³/mol. The van der Waals surface area contributed by atoms with Gasteiger partial charge in [-0.1, -0.05) is 38.1 Å². The van der Waals surface area contributed by atoms with Gasteiger partial charge in [-0.05, 0) is 74.2 Å². The third-order valence-electron chi connectivity index (χ3n) is 8.81. The van der Waals surface area contributed by atoms with Gasteiger partial charge in [0.1, 0.15) is 24.7 Å². The van der Waals surface area contributed by atoms with Gasteiger partial charge in [-0.15, -0.1) is 0 Å². The van der Waals surface area contributed by atoms with Crippen LogP contribution >= 0.6 is 0 Å². The Hall–Kier alpha value is -3.16. The van der Waals surface area contributed by atoms with Gasteiger partial charge in [0, 0.05) is 30.1 Å². The van der Waals surface area contributed by atoms with E-state index in [2.05, 4.69) is 65.4 Å². The molecule has 2 heterocycles. The molecule has 2 aliphatic carbocycles. The molecular weight excluding hydrogens is 476 g/mol. The number of benzene rings is 2. The third kappa shape index (κ3) is 4.97. The number of aromatic nitrogens is 2. The van der Waals surface area contributed by atoms with E-state index < -0.39 is 0 Å². The molecule has 0 radical (unpaired) electrons. The number of nitrogens with zero attached hydrogens (tertiary/aromatic N) is 3. The molecule has 1 aliphatic heterocycles. The van der Waals surface area contributed by atoms with Gasteiger partial charge in [-0.3, -0.25) is 0 Å². The van der Waals surface area contributed by atoms with E-state index in [4.69, 9.17) is 14.5 Å². The smallest absolute Gasteiger partial charge is 0.225 e. The summed E-state index contributed by atoms with van der Waals surface area (Å²) in [5, 5.41) is 13.0. The highest BCUT2D eigenvalue weighted by Gasteiger charge is 2.52. The van der Waals surface area contributed by atoms with Gasteiger partial charge in [-0.2, -0.15) is 0 Å². The Bertz CT molecular complexity index is 1260. The maximum absolute atomic E-state index is 9.63. The first-order valence-corrected chi connectivity index (χ1v) is 13.7. The van der Waals surface area contributed by atoms with Gasteiger partial charge in [0.2, 0.25) is 5.95 Å². The lowest BCUT2D eigenvalue weighted by molar-refractivity contribution is -0.0497. The summed E-state index contributed by atoms with van der Waals surface area (Å²) < 4.78 is 12.1. The molecule has 1 spiro atoms. The Morgan fingerprint density at radius 3 is 2.11 bits per heavy atom. The molecule has 2 aromatic carbocycles. The van der Waals surface area contributed by atoms with Crippen molar-refractivity contribution < 1.29 is 14.6 Å². The first-order valence-electron chi connectivity index (χ1n) is 13.7. The van der Waals surface area contributed by atoms with E-state index in [1.165, 1.54) is 24.0 Å². The second-order valence-corrected chi connectivity index (χ2v) is 12.0. The molecule has 2 N–H and O–H groups in total. The van der Waals surface area contributed by atoms with Crippen molar-refractivity contribution in [3.63, 3.8) is 0 Å². The van der Waals surface area contributed by atoms with Crippen LogP contribution in [-0.4, -0.2) is 53.5 Å². The maximum Gasteiger partial charge on any atom is 0.225 e. The van der Waals surface area contributed by atoms with Crippen molar-refractivity contribution in [1.82, 2.24) is 15.3 Å². The van der Waals surface area contributed by atoms with Gasteiger partial charge >= 0.3 is 0 Å². The first kappa shape index (κ1) is 25.1. The SMILES string of the molecule is CNC1(COc2ccc(C(C)(C)c3ccc(OCc4ccnc(N5CC6(CC(O)C6)C5)n4)cc3)cc2)CC1.